The molecule has 0 bridgehead atoms. The number of hydrogen-bond donors (Lipinski definition) is 0. The van der Waals surface area contributed by atoms with Crippen LogP contribution in [0.5, 0.6) is 23.0 Å². The third-order valence-corrected chi connectivity index (χ3v) is 40.8. The molecule has 0 atom stereocenters. The zero-order valence-corrected chi connectivity index (χ0v) is 79.1. The molecule has 0 radical (unpaired) electrons. The topological polar surface area (TPSA) is 36.9 Å². The summed E-state index contributed by atoms with van der Waals surface area (Å²) in [4.78, 5) is 0. The average Bonchev–Trinajstić information content (AvgIpc) is 0.726. The Morgan fingerprint density at radius 1 is 0.175 bits per heavy atom. The van der Waals surface area contributed by atoms with Gasteiger partial charge in [0.05, 0.1) is 20.1 Å². The summed E-state index contributed by atoms with van der Waals surface area (Å²) in [6, 6.07) is 157. The van der Waals surface area contributed by atoms with E-state index in [4.69, 9.17) is 64.1 Å². The number of hydrogen-bond acceptors (Lipinski definition) is 4. The van der Waals surface area contributed by atoms with Crippen molar-refractivity contribution in [1.82, 2.24) is 0 Å². The fourth-order valence-corrected chi connectivity index (χ4v) is 37.5. The largest absolute Gasteiger partial charge is 0.541 e. The van der Waals surface area contributed by atoms with Crippen LogP contribution in [0.2, 0.25) is 20.1 Å². The Kier molecular flexibility index (Phi) is 29.0. The number of halogens is 4. The summed E-state index contributed by atoms with van der Waals surface area (Å²) in [6.07, 6.45) is 0. The third-order valence-electron chi connectivity index (χ3n) is 24.5. The average molecular weight is 1790 g/mol. The van der Waals surface area contributed by atoms with Gasteiger partial charge in [0.15, 0.2) is 0 Å². The number of rotatable bonds is 37. The first-order valence-corrected chi connectivity index (χ1v) is 55.5. The van der Waals surface area contributed by atoms with E-state index in [9.17, 15) is 0 Å². The fraction of sp³-hybridized carbons (Fsp3) is 0.158. The van der Waals surface area contributed by atoms with Crippen molar-refractivity contribution in [2.24, 2.45) is 0 Å². The minimum absolute atomic E-state index is 0.505. The van der Waals surface area contributed by atoms with E-state index in [0.29, 0.717) is 43.1 Å². The van der Waals surface area contributed by atoms with Crippen LogP contribution < -0.4 is 17.7 Å². The van der Waals surface area contributed by atoms with Gasteiger partial charge in [0.25, 0.3) is 33.3 Å². The quantitative estimate of drug-likeness (QED) is 0.0364. The molecule has 16 aromatic rings. The first kappa shape index (κ1) is 88.2. The van der Waals surface area contributed by atoms with Gasteiger partial charge in [-0.3, -0.25) is 0 Å². The molecule has 0 aromatic heterocycles. The molecular weight excluding hydrogens is 1690 g/mol. The molecule has 16 rings (SSSR count). The summed E-state index contributed by atoms with van der Waals surface area (Å²) in [6.45, 7) is 8.68. The van der Waals surface area contributed by atoms with Crippen molar-refractivity contribution in [1.29, 1.82) is 0 Å². The highest BCUT2D eigenvalue weighted by molar-refractivity contribution is 6.75. The lowest BCUT2D eigenvalue weighted by Gasteiger charge is -2.37. The van der Waals surface area contributed by atoms with Crippen molar-refractivity contribution >= 4 is 79.7 Å². The SMILES string of the molecule is Cc1cc(C(c2cc(C)c(O[Si](Cc3ccccc3)(Cc3ccccc3)Cc3ccccc3)c(Cl)c2)C(c2cc(C)c(O[Si](Cc3ccccc3)(Cc3ccccc3)Cc3ccccc3)c(Cl)c2)c2cc(C)c(O[Si](Cc3ccccc3)(Cc3ccccc3)Cc3ccccc3)c(Cl)c2)cc(Cl)c1O[Si](Cc1ccccc1)(Cc1ccccc1)Cc1ccccc1. The van der Waals surface area contributed by atoms with E-state index >= 15 is 0 Å². The minimum Gasteiger partial charge on any atom is -0.541 e. The van der Waals surface area contributed by atoms with E-state index in [1.54, 1.807) is 0 Å². The molecule has 0 aliphatic carbocycles. The lowest BCUT2D eigenvalue weighted by atomic mass is 9.72. The Morgan fingerprint density at radius 3 is 0.389 bits per heavy atom. The second-order valence-electron chi connectivity index (χ2n) is 34.6. The highest BCUT2D eigenvalue weighted by Gasteiger charge is 2.45. The van der Waals surface area contributed by atoms with Gasteiger partial charge in [-0.2, -0.15) is 0 Å². The van der Waals surface area contributed by atoms with Crippen LogP contribution in [0.4, 0.5) is 0 Å². The molecule has 126 heavy (non-hydrogen) atoms. The summed E-state index contributed by atoms with van der Waals surface area (Å²) in [5, 5.41) is 2.02. The first-order valence-electron chi connectivity index (χ1n) is 43.9. The maximum absolute atomic E-state index is 8.34. The lowest BCUT2D eigenvalue weighted by molar-refractivity contribution is 0.517. The van der Waals surface area contributed by atoms with E-state index in [2.05, 4.69) is 440 Å². The molecule has 0 amide bonds. The summed E-state index contributed by atoms with van der Waals surface area (Å²) in [5.74, 6) is 1.53. The molecule has 0 saturated heterocycles. The van der Waals surface area contributed by atoms with Crippen LogP contribution in [0.1, 0.15) is 123 Å². The maximum Gasteiger partial charge on any atom is 0.264 e. The Balaban J connectivity index is 0.924. The van der Waals surface area contributed by atoms with Crippen molar-refractivity contribution in [2.45, 2.75) is 112 Å². The van der Waals surface area contributed by atoms with Crippen molar-refractivity contribution in [3.05, 3.63) is 544 Å². The molecule has 630 valence electrons. The van der Waals surface area contributed by atoms with Crippen LogP contribution in [0.25, 0.3) is 0 Å². The monoisotopic (exact) mass is 1790 g/mol. The molecule has 0 spiro atoms. The Labute approximate surface area is 770 Å². The van der Waals surface area contributed by atoms with Gasteiger partial charge in [-0.25, -0.2) is 0 Å². The molecule has 4 nitrogen and oxygen atoms in total. The fourth-order valence-electron chi connectivity index (χ4n) is 19.1. The third kappa shape index (κ3) is 22.8. The molecule has 0 saturated carbocycles. The Morgan fingerprint density at radius 2 is 0.286 bits per heavy atom. The number of benzene rings is 16. The Bertz CT molecular complexity index is 4940. The molecule has 16 aromatic carbocycles. The van der Waals surface area contributed by atoms with Crippen LogP contribution in [0, 0.1) is 27.7 Å². The molecule has 0 aliphatic heterocycles. The molecular formula is C114H106Cl4O4Si4. The lowest BCUT2D eigenvalue weighted by Crippen LogP contribution is -2.50. The van der Waals surface area contributed by atoms with Crippen LogP contribution >= 0.6 is 46.4 Å². The predicted molar refractivity (Wildman–Crippen MR) is 536 cm³/mol. The van der Waals surface area contributed by atoms with Crippen molar-refractivity contribution in [3.63, 3.8) is 0 Å². The van der Waals surface area contributed by atoms with Crippen LogP contribution in [0.3, 0.4) is 0 Å². The van der Waals surface area contributed by atoms with Gasteiger partial charge in [0.2, 0.25) is 0 Å². The first-order chi connectivity index (χ1) is 61.5. The van der Waals surface area contributed by atoms with E-state index < -0.39 is 45.1 Å². The summed E-state index contributed by atoms with van der Waals surface area (Å²) in [5.41, 5.74) is 21.9. The standard InChI is InChI=1S/C114H106Cl4O4Si4/c1-85-65-101(69-105(115)111(85)119-123(73-89-41-17-5-18-42-89,74-90-43-19-6-20-44-90)75-91-45-21-7-22-46-91)109(102-66-86(2)112(106(116)70-102)120-124(76-92-47-23-8-24-48-92,77-93-49-25-9-26-50-93)78-94-51-27-10-28-52-94)110(103-67-87(3)113(107(117)71-103)121-125(79-95-53-29-11-30-54-95,80-96-55-31-12-32-56-96)81-97-57-33-13-34-58-97)104-68-88(4)114(108(118)72-104)122-126(82-98-59-35-14-36-60-98,83-99-61-37-15-38-62-99)84-100-63-39-16-40-64-100/h5-72,109-110H,73-84H2,1-4H3. The Hall–Kier alpha value is -11.3. The van der Waals surface area contributed by atoms with E-state index in [1.165, 1.54) is 66.8 Å². The van der Waals surface area contributed by atoms with E-state index in [1.807, 2.05) is 0 Å². The molecule has 0 N–H and O–H groups in total. The second kappa shape index (κ2) is 41.5. The van der Waals surface area contributed by atoms with Crippen LogP contribution in [-0.4, -0.2) is 33.3 Å². The zero-order valence-electron chi connectivity index (χ0n) is 72.0. The van der Waals surface area contributed by atoms with Crippen LogP contribution in [-0.2, 0) is 72.5 Å². The smallest absolute Gasteiger partial charge is 0.264 e. The molecule has 0 unspecified atom stereocenters. The zero-order chi connectivity index (χ0) is 86.7. The van der Waals surface area contributed by atoms with Gasteiger partial charge >= 0.3 is 0 Å². The molecule has 12 heteroatoms. The van der Waals surface area contributed by atoms with E-state index in [-0.39, 0.29) is 0 Å². The van der Waals surface area contributed by atoms with E-state index in [0.717, 1.165) is 117 Å². The van der Waals surface area contributed by atoms with Gasteiger partial charge in [-0.15, -0.1) is 0 Å². The highest BCUT2D eigenvalue weighted by atomic mass is 35.5. The van der Waals surface area contributed by atoms with Crippen molar-refractivity contribution < 1.29 is 17.7 Å². The predicted octanol–water partition coefficient (Wildman–Crippen LogP) is 29.2. The normalized spacial score (nSPS) is 11.9. The van der Waals surface area contributed by atoms with Gasteiger partial charge in [0.1, 0.15) is 23.0 Å². The van der Waals surface area contributed by atoms with Crippen molar-refractivity contribution in [2.75, 3.05) is 0 Å². The van der Waals surface area contributed by atoms with Crippen molar-refractivity contribution in [3.8, 4) is 23.0 Å². The molecule has 0 fully saturated rings. The summed E-state index contributed by atoms with van der Waals surface area (Å²) >= 11 is 33.4. The number of aryl methyl sites for hydroxylation is 4. The summed E-state index contributed by atoms with van der Waals surface area (Å²) in [7, 11) is -12.2. The van der Waals surface area contributed by atoms with Gasteiger partial charge in [-0.1, -0.05) is 435 Å². The second-order valence-corrected chi connectivity index (χ2v) is 50.8. The molecule has 0 aliphatic rings. The molecule has 0 heterocycles. The minimum atomic E-state index is -3.04. The maximum atomic E-state index is 8.34. The van der Waals surface area contributed by atoms with Gasteiger partial charge < -0.3 is 17.7 Å². The highest BCUT2D eigenvalue weighted by Crippen LogP contribution is 2.52. The van der Waals surface area contributed by atoms with Gasteiger partial charge in [0, 0.05) is 84.4 Å². The van der Waals surface area contributed by atoms with Gasteiger partial charge in [-0.05, 0) is 163 Å². The summed E-state index contributed by atoms with van der Waals surface area (Å²) < 4.78 is 32.3. The van der Waals surface area contributed by atoms with Crippen LogP contribution in [0.15, 0.2) is 413 Å².